The van der Waals surface area contributed by atoms with Crippen molar-refractivity contribution in [3.05, 3.63) is 24.8 Å². The molecule has 1 unspecified atom stereocenters. The lowest BCUT2D eigenvalue weighted by atomic mass is 10.0. The summed E-state index contributed by atoms with van der Waals surface area (Å²) in [4.78, 5) is 15.5. The summed E-state index contributed by atoms with van der Waals surface area (Å²) in [6.07, 6.45) is 11.0. The van der Waals surface area contributed by atoms with E-state index in [9.17, 15) is 0 Å². The molecule has 0 aliphatic heterocycles. The Labute approximate surface area is 93.0 Å². The van der Waals surface area contributed by atoms with Gasteiger partial charge in [-0.25, -0.2) is 15.0 Å². The van der Waals surface area contributed by atoms with Crippen LogP contribution in [0.1, 0.15) is 19.3 Å². The van der Waals surface area contributed by atoms with Gasteiger partial charge in [0.1, 0.15) is 11.8 Å². The molecule has 1 atom stereocenters. The zero-order valence-corrected chi connectivity index (χ0v) is 8.85. The van der Waals surface area contributed by atoms with E-state index >= 15 is 0 Å². The molecule has 5 nitrogen and oxygen atoms in total. The predicted molar refractivity (Wildman–Crippen MR) is 62.1 cm³/mol. The molecule has 1 aliphatic carbocycles. The van der Waals surface area contributed by atoms with Crippen molar-refractivity contribution in [3.8, 4) is 0 Å². The van der Waals surface area contributed by atoms with Crippen LogP contribution in [-0.4, -0.2) is 26.0 Å². The molecule has 3 rings (SSSR count). The SMILES string of the molecule is C1=CCC(Nc2ncnc3nc[nH]c23)CC1. The van der Waals surface area contributed by atoms with Gasteiger partial charge in [0.25, 0.3) is 0 Å². The Morgan fingerprint density at radius 1 is 1.25 bits per heavy atom. The van der Waals surface area contributed by atoms with Gasteiger partial charge in [0, 0.05) is 6.04 Å². The number of aromatic amines is 1. The molecule has 16 heavy (non-hydrogen) atoms. The first-order valence-corrected chi connectivity index (χ1v) is 5.49. The Morgan fingerprint density at radius 2 is 2.25 bits per heavy atom. The first-order chi connectivity index (χ1) is 7.93. The molecule has 2 heterocycles. The van der Waals surface area contributed by atoms with Crippen molar-refractivity contribution >= 4 is 17.0 Å². The molecular formula is C11H13N5. The van der Waals surface area contributed by atoms with Crippen LogP contribution in [0.25, 0.3) is 11.2 Å². The molecule has 1 aliphatic rings. The van der Waals surface area contributed by atoms with Gasteiger partial charge in [0.05, 0.1) is 6.33 Å². The van der Waals surface area contributed by atoms with E-state index in [1.165, 1.54) is 0 Å². The number of nitrogens with one attached hydrogen (secondary N) is 2. The third kappa shape index (κ3) is 1.64. The van der Waals surface area contributed by atoms with Crippen LogP contribution in [0.5, 0.6) is 0 Å². The quantitative estimate of drug-likeness (QED) is 0.750. The van der Waals surface area contributed by atoms with Crippen LogP contribution in [-0.2, 0) is 0 Å². The largest absolute Gasteiger partial charge is 0.365 e. The van der Waals surface area contributed by atoms with Gasteiger partial charge in [-0.1, -0.05) is 12.2 Å². The predicted octanol–water partition coefficient (Wildman–Crippen LogP) is 1.87. The van der Waals surface area contributed by atoms with E-state index in [4.69, 9.17) is 0 Å². The van der Waals surface area contributed by atoms with Crippen LogP contribution in [0.2, 0.25) is 0 Å². The summed E-state index contributed by atoms with van der Waals surface area (Å²) in [6, 6.07) is 0.464. The smallest absolute Gasteiger partial charge is 0.182 e. The van der Waals surface area contributed by atoms with E-state index in [1.807, 2.05) is 0 Å². The average molecular weight is 215 g/mol. The molecule has 0 saturated carbocycles. The van der Waals surface area contributed by atoms with Gasteiger partial charge in [0.2, 0.25) is 0 Å². The number of hydrogen-bond acceptors (Lipinski definition) is 4. The fourth-order valence-electron chi connectivity index (χ4n) is 1.99. The monoisotopic (exact) mass is 215 g/mol. The van der Waals surface area contributed by atoms with Crippen LogP contribution in [0.15, 0.2) is 24.8 Å². The molecule has 0 saturated heterocycles. The molecule has 2 N–H and O–H groups in total. The molecule has 2 aromatic heterocycles. The van der Waals surface area contributed by atoms with E-state index in [-0.39, 0.29) is 0 Å². The highest BCUT2D eigenvalue weighted by atomic mass is 15.1. The molecule has 0 fully saturated rings. The minimum absolute atomic E-state index is 0.464. The Kier molecular flexibility index (Phi) is 2.29. The summed E-state index contributed by atoms with van der Waals surface area (Å²) in [6.45, 7) is 0. The molecular weight excluding hydrogens is 202 g/mol. The highest BCUT2D eigenvalue weighted by Gasteiger charge is 2.12. The number of anilines is 1. The number of hydrogen-bond donors (Lipinski definition) is 2. The third-order valence-electron chi connectivity index (χ3n) is 2.83. The standard InChI is InChI=1S/C11H13N5/c1-2-4-8(5-3-1)16-11-9-10(13-6-12-9)14-7-15-11/h1-2,6-8H,3-5H2,(H2,12,13,14,15,16). The minimum Gasteiger partial charge on any atom is -0.365 e. The number of nitrogens with zero attached hydrogens (tertiary/aromatic N) is 3. The van der Waals surface area contributed by atoms with Crippen molar-refractivity contribution in [2.24, 2.45) is 0 Å². The lowest BCUT2D eigenvalue weighted by Crippen LogP contribution is -2.21. The van der Waals surface area contributed by atoms with Gasteiger partial charge in [0.15, 0.2) is 11.5 Å². The summed E-state index contributed by atoms with van der Waals surface area (Å²) in [5.41, 5.74) is 1.60. The zero-order valence-electron chi connectivity index (χ0n) is 8.85. The topological polar surface area (TPSA) is 66.5 Å². The number of allylic oxidation sites excluding steroid dienone is 1. The highest BCUT2D eigenvalue weighted by molar-refractivity contribution is 5.82. The molecule has 2 aromatic rings. The van der Waals surface area contributed by atoms with Gasteiger partial charge in [-0.05, 0) is 19.3 Å². The van der Waals surface area contributed by atoms with Gasteiger partial charge in [-0.2, -0.15) is 0 Å². The molecule has 0 spiro atoms. The molecule has 0 amide bonds. The number of H-pyrrole nitrogens is 1. The first-order valence-electron chi connectivity index (χ1n) is 5.49. The van der Waals surface area contributed by atoms with Crippen molar-refractivity contribution in [3.63, 3.8) is 0 Å². The van der Waals surface area contributed by atoms with E-state index in [0.717, 1.165) is 30.6 Å². The Hall–Kier alpha value is -1.91. The maximum Gasteiger partial charge on any atom is 0.182 e. The fourth-order valence-corrected chi connectivity index (χ4v) is 1.99. The summed E-state index contributed by atoms with van der Waals surface area (Å²) in [5, 5.41) is 3.44. The van der Waals surface area contributed by atoms with Gasteiger partial charge >= 0.3 is 0 Å². The summed E-state index contributed by atoms with van der Waals surface area (Å²) in [5.74, 6) is 0.850. The van der Waals surface area contributed by atoms with Crippen molar-refractivity contribution < 1.29 is 0 Å². The Balaban J connectivity index is 1.88. The molecule has 0 aromatic carbocycles. The normalized spacial score (nSPS) is 20.1. The molecule has 5 heteroatoms. The van der Waals surface area contributed by atoms with Crippen LogP contribution >= 0.6 is 0 Å². The molecule has 0 bridgehead atoms. The number of rotatable bonds is 2. The third-order valence-corrected chi connectivity index (χ3v) is 2.83. The van der Waals surface area contributed by atoms with E-state index < -0.39 is 0 Å². The van der Waals surface area contributed by atoms with Crippen LogP contribution in [0.3, 0.4) is 0 Å². The fraction of sp³-hybridized carbons (Fsp3) is 0.364. The molecule has 82 valence electrons. The van der Waals surface area contributed by atoms with Gasteiger partial charge in [-0.3, -0.25) is 0 Å². The Bertz CT molecular complexity index is 516. The summed E-state index contributed by atoms with van der Waals surface area (Å²) >= 11 is 0. The number of aromatic nitrogens is 4. The van der Waals surface area contributed by atoms with Crippen molar-refractivity contribution in [1.82, 2.24) is 19.9 Å². The van der Waals surface area contributed by atoms with E-state index in [0.29, 0.717) is 11.7 Å². The lowest BCUT2D eigenvalue weighted by Gasteiger charge is -2.19. The number of fused-ring (bicyclic) bond motifs is 1. The second-order valence-corrected chi connectivity index (χ2v) is 3.95. The average Bonchev–Trinajstić information content (AvgIpc) is 2.80. The lowest BCUT2D eigenvalue weighted by molar-refractivity contribution is 0.642. The van der Waals surface area contributed by atoms with Crippen molar-refractivity contribution in [2.45, 2.75) is 25.3 Å². The first kappa shape index (κ1) is 9.33. The van der Waals surface area contributed by atoms with Gasteiger partial charge < -0.3 is 10.3 Å². The minimum atomic E-state index is 0.464. The second kappa shape index (κ2) is 3.92. The van der Waals surface area contributed by atoms with Crippen LogP contribution in [0, 0.1) is 0 Å². The Morgan fingerprint density at radius 3 is 3.12 bits per heavy atom. The summed E-state index contributed by atoms with van der Waals surface area (Å²) in [7, 11) is 0. The van der Waals surface area contributed by atoms with Crippen molar-refractivity contribution in [1.29, 1.82) is 0 Å². The van der Waals surface area contributed by atoms with Gasteiger partial charge in [-0.15, -0.1) is 0 Å². The number of imidazole rings is 1. The molecule has 0 radical (unpaired) electrons. The maximum absolute atomic E-state index is 4.26. The summed E-state index contributed by atoms with van der Waals surface area (Å²) < 4.78 is 0. The van der Waals surface area contributed by atoms with E-state index in [1.54, 1.807) is 12.7 Å². The van der Waals surface area contributed by atoms with Crippen LogP contribution < -0.4 is 5.32 Å². The second-order valence-electron chi connectivity index (χ2n) is 3.95. The maximum atomic E-state index is 4.26. The van der Waals surface area contributed by atoms with Crippen LogP contribution in [0.4, 0.5) is 5.82 Å². The van der Waals surface area contributed by atoms with Crippen molar-refractivity contribution in [2.75, 3.05) is 5.32 Å². The zero-order chi connectivity index (χ0) is 10.8. The van der Waals surface area contributed by atoms with E-state index in [2.05, 4.69) is 37.4 Å². The highest BCUT2D eigenvalue weighted by Crippen LogP contribution is 2.19.